The van der Waals surface area contributed by atoms with E-state index >= 15 is 0 Å². The van der Waals surface area contributed by atoms with Crippen molar-refractivity contribution in [1.29, 1.82) is 0 Å². The Kier molecular flexibility index (Phi) is 4.91. The summed E-state index contributed by atoms with van der Waals surface area (Å²) in [6, 6.07) is 5.70. The van der Waals surface area contributed by atoms with Gasteiger partial charge in [0.1, 0.15) is 9.84 Å². The highest BCUT2D eigenvalue weighted by atomic mass is 32.1. The van der Waals surface area contributed by atoms with Crippen LogP contribution in [0.2, 0.25) is 0 Å². The van der Waals surface area contributed by atoms with Crippen LogP contribution in [0.1, 0.15) is 16.1 Å². The summed E-state index contributed by atoms with van der Waals surface area (Å²) in [7, 11) is 3.22. The lowest BCUT2D eigenvalue weighted by molar-refractivity contribution is 0.356. The fourth-order valence-corrected chi connectivity index (χ4v) is 4.94. The molecule has 0 spiro atoms. The van der Waals surface area contributed by atoms with Gasteiger partial charge in [-0.15, -0.1) is 22.7 Å². The number of aryl methyl sites for hydroxylation is 2. The zero-order valence-electron chi connectivity index (χ0n) is 16.0. The quantitative estimate of drug-likeness (QED) is 0.489. The smallest absolute Gasteiger partial charge is 0.262 e. The van der Waals surface area contributed by atoms with Gasteiger partial charge in [-0.05, 0) is 31.5 Å². The van der Waals surface area contributed by atoms with Gasteiger partial charge in [0.05, 0.1) is 43.7 Å². The second-order valence-corrected chi connectivity index (χ2v) is 8.39. The molecular weight excluding hydrogens is 394 g/mol. The molecule has 0 saturated heterocycles. The minimum atomic E-state index is -0.0274. The van der Waals surface area contributed by atoms with Crippen LogP contribution in [0.3, 0.4) is 0 Å². The number of thiophene rings is 1. The molecule has 0 fully saturated rings. The van der Waals surface area contributed by atoms with E-state index in [0.29, 0.717) is 23.4 Å². The molecule has 0 aliphatic carbocycles. The summed E-state index contributed by atoms with van der Waals surface area (Å²) < 4.78 is 12.5. The maximum absolute atomic E-state index is 12.9. The Labute approximate surface area is 170 Å². The highest BCUT2D eigenvalue weighted by Crippen LogP contribution is 2.39. The van der Waals surface area contributed by atoms with Gasteiger partial charge in [0.2, 0.25) is 0 Å². The van der Waals surface area contributed by atoms with Crippen molar-refractivity contribution in [2.75, 3.05) is 14.2 Å². The molecule has 0 atom stereocenters. The third-order valence-corrected chi connectivity index (χ3v) is 6.71. The molecule has 28 heavy (non-hydrogen) atoms. The lowest BCUT2D eigenvalue weighted by Gasteiger charge is -2.10. The molecule has 4 aromatic rings. The molecule has 3 aromatic heterocycles. The largest absolute Gasteiger partial charge is 0.493 e. The second kappa shape index (κ2) is 7.37. The highest BCUT2D eigenvalue weighted by Gasteiger charge is 2.16. The predicted molar refractivity (Wildman–Crippen MR) is 113 cm³/mol. The second-order valence-electron chi connectivity index (χ2n) is 6.33. The molecule has 0 radical (unpaired) electrons. The molecule has 1 aromatic carbocycles. The van der Waals surface area contributed by atoms with Crippen LogP contribution in [0.25, 0.3) is 20.8 Å². The fourth-order valence-electron chi connectivity index (χ4n) is 3.12. The maximum atomic E-state index is 12.9. The minimum Gasteiger partial charge on any atom is -0.493 e. The number of benzene rings is 1. The van der Waals surface area contributed by atoms with Crippen molar-refractivity contribution in [3.63, 3.8) is 0 Å². The maximum Gasteiger partial charge on any atom is 0.262 e. The number of hydrogen-bond acceptors (Lipinski definition) is 7. The molecule has 4 rings (SSSR count). The normalized spacial score (nSPS) is 11.1. The first-order valence-electron chi connectivity index (χ1n) is 8.64. The number of fused-ring (bicyclic) bond motifs is 1. The van der Waals surface area contributed by atoms with Gasteiger partial charge in [0.15, 0.2) is 11.5 Å². The number of hydrogen-bond donors (Lipinski definition) is 0. The van der Waals surface area contributed by atoms with Crippen LogP contribution in [0.15, 0.2) is 34.7 Å². The summed E-state index contributed by atoms with van der Waals surface area (Å²) in [6.07, 6.45) is 1.60. The number of nitrogens with zero attached hydrogens (tertiary/aromatic N) is 3. The molecule has 0 aliphatic heterocycles. The molecule has 8 heteroatoms. The molecule has 6 nitrogen and oxygen atoms in total. The Morgan fingerprint density at radius 2 is 2.00 bits per heavy atom. The summed E-state index contributed by atoms with van der Waals surface area (Å²) in [5.74, 6) is 1.31. The van der Waals surface area contributed by atoms with E-state index in [-0.39, 0.29) is 5.56 Å². The van der Waals surface area contributed by atoms with Crippen molar-refractivity contribution < 1.29 is 9.47 Å². The van der Waals surface area contributed by atoms with Gasteiger partial charge in [0, 0.05) is 10.3 Å². The topological polar surface area (TPSA) is 66.2 Å². The predicted octanol–water partition coefficient (Wildman–Crippen LogP) is 4.26. The van der Waals surface area contributed by atoms with Crippen LogP contribution < -0.4 is 15.0 Å². The Balaban J connectivity index is 1.70. The van der Waals surface area contributed by atoms with Crippen LogP contribution in [-0.4, -0.2) is 28.8 Å². The monoisotopic (exact) mass is 413 g/mol. The van der Waals surface area contributed by atoms with Crippen LogP contribution >= 0.6 is 22.7 Å². The number of para-hydroxylation sites is 1. The minimum absolute atomic E-state index is 0.0274. The van der Waals surface area contributed by atoms with E-state index in [1.54, 1.807) is 36.5 Å². The first-order valence-corrected chi connectivity index (χ1v) is 10.3. The van der Waals surface area contributed by atoms with Crippen molar-refractivity contribution in [1.82, 2.24) is 14.5 Å². The Morgan fingerprint density at radius 3 is 2.75 bits per heavy atom. The van der Waals surface area contributed by atoms with Gasteiger partial charge >= 0.3 is 0 Å². The highest BCUT2D eigenvalue weighted by molar-refractivity contribution is 7.18. The molecule has 0 bridgehead atoms. The lowest BCUT2D eigenvalue weighted by Crippen LogP contribution is -2.21. The van der Waals surface area contributed by atoms with Crippen molar-refractivity contribution in [2.24, 2.45) is 0 Å². The van der Waals surface area contributed by atoms with Crippen molar-refractivity contribution in [3.8, 4) is 22.1 Å². The third kappa shape index (κ3) is 3.08. The molecule has 0 amide bonds. The lowest BCUT2D eigenvalue weighted by atomic mass is 10.2. The molecule has 0 N–H and O–H groups in total. The van der Waals surface area contributed by atoms with E-state index in [4.69, 9.17) is 14.5 Å². The average molecular weight is 414 g/mol. The van der Waals surface area contributed by atoms with E-state index in [0.717, 1.165) is 31.5 Å². The van der Waals surface area contributed by atoms with E-state index in [1.807, 2.05) is 37.4 Å². The first kappa shape index (κ1) is 18.6. The summed E-state index contributed by atoms with van der Waals surface area (Å²) in [5, 5.41) is 3.47. The SMILES string of the molecule is COc1cccc(-c2nc(Cn3cnc4sc(C)c(C)c4c3=O)cs2)c1OC. The van der Waals surface area contributed by atoms with Crippen LogP contribution in [0, 0.1) is 13.8 Å². The summed E-state index contributed by atoms with van der Waals surface area (Å²) in [5.41, 5.74) is 2.65. The van der Waals surface area contributed by atoms with Crippen LogP contribution in [0.5, 0.6) is 11.5 Å². The Morgan fingerprint density at radius 1 is 1.18 bits per heavy atom. The standard InChI is InChI=1S/C20H19N3O3S2/c1-11-12(2)28-19-16(11)20(24)23(10-21-19)8-13-9-27-18(22-13)14-6-5-7-15(25-3)17(14)26-4/h5-7,9-10H,8H2,1-4H3. The van der Waals surface area contributed by atoms with Gasteiger partial charge in [0.25, 0.3) is 5.56 Å². The Hall–Kier alpha value is -2.71. The zero-order chi connectivity index (χ0) is 19.8. The van der Waals surface area contributed by atoms with E-state index < -0.39 is 0 Å². The number of ether oxygens (including phenoxy) is 2. The number of methoxy groups -OCH3 is 2. The zero-order valence-corrected chi connectivity index (χ0v) is 17.6. The molecule has 144 valence electrons. The molecule has 0 saturated carbocycles. The van der Waals surface area contributed by atoms with Crippen molar-refractivity contribution in [2.45, 2.75) is 20.4 Å². The van der Waals surface area contributed by atoms with Crippen molar-refractivity contribution in [3.05, 3.63) is 56.4 Å². The molecule has 0 unspecified atom stereocenters. The van der Waals surface area contributed by atoms with E-state index in [1.165, 1.54) is 11.3 Å². The van der Waals surface area contributed by atoms with Crippen molar-refractivity contribution >= 4 is 32.9 Å². The summed E-state index contributed by atoms with van der Waals surface area (Å²) in [6.45, 7) is 4.36. The summed E-state index contributed by atoms with van der Waals surface area (Å²) >= 11 is 3.06. The average Bonchev–Trinajstić information content (AvgIpc) is 3.28. The Bertz CT molecular complexity index is 1220. The van der Waals surface area contributed by atoms with Gasteiger partial charge in [-0.2, -0.15) is 0 Å². The number of aromatic nitrogens is 3. The summed E-state index contributed by atoms with van der Waals surface area (Å²) in [4.78, 5) is 24.0. The van der Waals surface area contributed by atoms with E-state index in [9.17, 15) is 4.79 Å². The van der Waals surface area contributed by atoms with Gasteiger partial charge in [-0.1, -0.05) is 6.07 Å². The molecule has 0 aliphatic rings. The van der Waals surface area contributed by atoms with Gasteiger partial charge in [-0.3, -0.25) is 9.36 Å². The van der Waals surface area contributed by atoms with Gasteiger partial charge < -0.3 is 9.47 Å². The van der Waals surface area contributed by atoms with Crippen LogP contribution in [0.4, 0.5) is 0 Å². The number of rotatable bonds is 5. The van der Waals surface area contributed by atoms with Gasteiger partial charge in [-0.25, -0.2) is 9.97 Å². The fraction of sp³-hybridized carbons (Fsp3) is 0.250. The molecular formula is C20H19N3O3S2. The third-order valence-electron chi connectivity index (χ3n) is 4.67. The molecule has 3 heterocycles. The van der Waals surface area contributed by atoms with Crippen LogP contribution in [-0.2, 0) is 6.54 Å². The van der Waals surface area contributed by atoms with E-state index in [2.05, 4.69) is 4.98 Å². The first-order chi connectivity index (χ1) is 13.5. The number of thiazole rings is 1.